The summed E-state index contributed by atoms with van der Waals surface area (Å²) < 4.78 is 0. The largest absolute Gasteiger partial charge is 0.355 e. The van der Waals surface area contributed by atoms with E-state index >= 15 is 0 Å². The van der Waals surface area contributed by atoms with E-state index < -0.39 is 5.54 Å². The fraction of sp³-hybridized carbons (Fsp3) is 0.692. The maximum Gasteiger partial charge on any atom is 0.226 e. The van der Waals surface area contributed by atoms with Crippen LogP contribution in [0.4, 0.5) is 0 Å². The van der Waals surface area contributed by atoms with Crippen LogP contribution >= 0.6 is 11.3 Å². The summed E-state index contributed by atoms with van der Waals surface area (Å²) in [6, 6.07) is 0. The van der Waals surface area contributed by atoms with Crippen molar-refractivity contribution < 1.29 is 9.59 Å². The smallest absolute Gasteiger partial charge is 0.226 e. The van der Waals surface area contributed by atoms with Crippen molar-refractivity contribution in [3.63, 3.8) is 0 Å². The summed E-state index contributed by atoms with van der Waals surface area (Å²) in [7, 11) is 1.75. The lowest BCUT2D eigenvalue weighted by molar-refractivity contribution is -0.128. The summed E-state index contributed by atoms with van der Waals surface area (Å²) in [5, 5.41) is 12.7. The Labute approximate surface area is 122 Å². The van der Waals surface area contributed by atoms with Gasteiger partial charge >= 0.3 is 0 Å². The first-order valence-electron chi connectivity index (χ1n) is 6.65. The molecule has 1 atom stereocenters. The minimum atomic E-state index is -0.430. The highest BCUT2D eigenvalue weighted by molar-refractivity contribution is 7.11. The zero-order chi connectivity index (χ0) is 14.9. The van der Waals surface area contributed by atoms with E-state index in [1.54, 1.807) is 11.9 Å². The van der Waals surface area contributed by atoms with Crippen LogP contribution in [0.1, 0.15) is 30.3 Å². The second-order valence-electron chi connectivity index (χ2n) is 5.62. The molecule has 0 saturated carbocycles. The Kier molecular flexibility index (Phi) is 4.08. The van der Waals surface area contributed by atoms with Crippen molar-refractivity contribution in [2.24, 2.45) is 5.92 Å². The number of nitrogens with zero attached hydrogens (tertiary/aromatic N) is 3. The van der Waals surface area contributed by atoms with Gasteiger partial charge in [-0.1, -0.05) is 0 Å². The summed E-state index contributed by atoms with van der Waals surface area (Å²) in [5.74, 6) is -0.333. The van der Waals surface area contributed by atoms with E-state index in [1.165, 1.54) is 11.3 Å². The molecule has 1 aliphatic rings. The van der Waals surface area contributed by atoms with E-state index in [4.69, 9.17) is 0 Å². The van der Waals surface area contributed by atoms with Crippen LogP contribution in [0.25, 0.3) is 0 Å². The van der Waals surface area contributed by atoms with Crippen LogP contribution in [-0.4, -0.2) is 46.0 Å². The molecule has 1 fully saturated rings. The highest BCUT2D eigenvalue weighted by atomic mass is 32.1. The molecular weight excluding hydrogens is 276 g/mol. The third-order valence-corrected chi connectivity index (χ3v) is 4.89. The number of nitrogens with one attached hydrogen (secondary N) is 1. The van der Waals surface area contributed by atoms with Gasteiger partial charge in [-0.3, -0.25) is 9.59 Å². The van der Waals surface area contributed by atoms with Crippen molar-refractivity contribution >= 4 is 23.2 Å². The van der Waals surface area contributed by atoms with Crippen molar-refractivity contribution in [2.45, 2.75) is 39.2 Å². The number of amides is 2. The Morgan fingerprint density at radius 1 is 1.50 bits per heavy atom. The van der Waals surface area contributed by atoms with Crippen LogP contribution in [0.15, 0.2) is 0 Å². The van der Waals surface area contributed by atoms with Gasteiger partial charge in [-0.25, -0.2) is 0 Å². The lowest BCUT2D eigenvalue weighted by atomic mass is 9.88. The molecule has 0 aromatic carbocycles. The molecule has 0 bridgehead atoms. The molecule has 1 saturated heterocycles. The Morgan fingerprint density at radius 3 is 2.70 bits per heavy atom. The van der Waals surface area contributed by atoms with Crippen LogP contribution < -0.4 is 5.32 Å². The summed E-state index contributed by atoms with van der Waals surface area (Å²) >= 11 is 1.54. The number of aromatic nitrogens is 2. The Hall–Kier alpha value is -1.50. The van der Waals surface area contributed by atoms with E-state index in [-0.39, 0.29) is 24.2 Å². The van der Waals surface area contributed by atoms with Gasteiger partial charge in [0.05, 0.1) is 5.92 Å². The lowest BCUT2D eigenvalue weighted by Gasteiger charge is -2.32. The van der Waals surface area contributed by atoms with E-state index in [1.807, 2.05) is 20.8 Å². The molecule has 110 valence electrons. The van der Waals surface area contributed by atoms with Crippen LogP contribution in [0.3, 0.4) is 0 Å². The Balaban J connectivity index is 1.88. The minimum Gasteiger partial charge on any atom is -0.355 e. The highest BCUT2D eigenvalue weighted by Crippen LogP contribution is 2.34. The molecule has 7 heteroatoms. The van der Waals surface area contributed by atoms with Crippen molar-refractivity contribution in [1.29, 1.82) is 0 Å². The van der Waals surface area contributed by atoms with E-state index in [0.29, 0.717) is 13.0 Å². The fourth-order valence-electron chi connectivity index (χ4n) is 2.38. The maximum absolute atomic E-state index is 12.2. The first-order chi connectivity index (χ1) is 9.32. The van der Waals surface area contributed by atoms with Crippen molar-refractivity contribution in [3.8, 4) is 0 Å². The zero-order valence-electron chi connectivity index (χ0n) is 12.3. The summed E-state index contributed by atoms with van der Waals surface area (Å²) in [4.78, 5) is 25.6. The SMILES string of the molecule is Cc1nnc(CCNC(=O)C2CC(=O)N(C)C2(C)C)s1. The summed E-state index contributed by atoms with van der Waals surface area (Å²) in [6.07, 6.45) is 0.960. The first-order valence-corrected chi connectivity index (χ1v) is 7.47. The normalized spacial score (nSPS) is 21.3. The van der Waals surface area contributed by atoms with Crippen LogP contribution in [-0.2, 0) is 16.0 Å². The molecule has 1 aromatic rings. The number of rotatable bonds is 4. The molecular formula is C13H20N4O2S. The predicted molar refractivity (Wildman–Crippen MR) is 76.3 cm³/mol. The monoisotopic (exact) mass is 296 g/mol. The maximum atomic E-state index is 12.2. The van der Waals surface area contributed by atoms with E-state index in [2.05, 4.69) is 15.5 Å². The number of aryl methyl sites for hydroxylation is 1. The summed E-state index contributed by atoms with van der Waals surface area (Å²) in [6.45, 7) is 6.28. The molecule has 0 aliphatic carbocycles. The quantitative estimate of drug-likeness (QED) is 0.890. The zero-order valence-corrected chi connectivity index (χ0v) is 13.1. The first kappa shape index (κ1) is 14.9. The third-order valence-electron chi connectivity index (χ3n) is 3.99. The average molecular weight is 296 g/mol. The number of hydrogen-bond donors (Lipinski definition) is 1. The topological polar surface area (TPSA) is 75.2 Å². The summed E-state index contributed by atoms with van der Waals surface area (Å²) in [5.41, 5.74) is -0.430. The van der Waals surface area contributed by atoms with Crippen LogP contribution in [0.5, 0.6) is 0 Å². The van der Waals surface area contributed by atoms with Gasteiger partial charge in [0.25, 0.3) is 0 Å². The van der Waals surface area contributed by atoms with Crippen LogP contribution in [0.2, 0.25) is 0 Å². The number of carbonyl (C=O) groups is 2. The third kappa shape index (κ3) is 2.82. The van der Waals surface area contributed by atoms with Crippen molar-refractivity contribution in [3.05, 3.63) is 10.0 Å². The van der Waals surface area contributed by atoms with Gasteiger partial charge in [0.1, 0.15) is 10.0 Å². The molecule has 20 heavy (non-hydrogen) atoms. The van der Waals surface area contributed by atoms with Crippen molar-refractivity contribution in [2.75, 3.05) is 13.6 Å². The minimum absolute atomic E-state index is 0.0231. The van der Waals surface area contributed by atoms with Gasteiger partial charge in [0.2, 0.25) is 11.8 Å². The molecule has 1 aromatic heterocycles. The average Bonchev–Trinajstić information content (AvgIpc) is 2.87. The van der Waals surface area contributed by atoms with E-state index in [9.17, 15) is 9.59 Å². The number of hydrogen-bond acceptors (Lipinski definition) is 5. The van der Waals surface area contributed by atoms with Gasteiger partial charge in [0.15, 0.2) is 0 Å². The molecule has 2 rings (SSSR count). The van der Waals surface area contributed by atoms with Gasteiger partial charge in [0, 0.05) is 32.0 Å². The molecule has 0 spiro atoms. The predicted octanol–water partition coefficient (Wildman–Crippen LogP) is 0.762. The Bertz CT molecular complexity index is 526. The van der Waals surface area contributed by atoms with E-state index in [0.717, 1.165) is 10.0 Å². The van der Waals surface area contributed by atoms with Gasteiger partial charge < -0.3 is 10.2 Å². The molecule has 0 radical (unpaired) electrons. The number of likely N-dealkylation sites (tertiary alicyclic amines) is 1. The van der Waals surface area contributed by atoms with Gasteiger partial charge in [-0.2, -0.15) is 0 Å². The van der Waals surface area contributed by atoms with Crippen molar-refractivity contribution in [1.82, 2.24) is 20.4 Å². The van der Waals surface area contributed by atoms with Gasteiger partial charge in [-0.05, 0) is 20.8 Å². The second kappa shape index (κ2) is 5.47. The highest BCUT2D eigenvalue weighted by Gasteiger charge is 2.47. The molecule has 2 amide bonds. The lowest BCUT2D eigenvalue weighted by Crippen LogP contribution is -2.47. The molecule has 1 unspecified atom stereocenters. The fourth-order valence-corrected chi connectivity index (χ4v) is 3.09. The molecule has 1 N–H and O–H groups in total. The molecule has 1 aliphatic heterocycles. The van der Waals surface area contributed by atoms with Gasteiger partial charge in [-0.15, -0.1) is 21.5 Å². The molecule has 2 heterocycles. The standard InChI is InChI=1S/C13H20N4O2S/c1-8-15-16-10(20-8)5-6-14-12(19)9-7-11(18)17(4)13(9,2)3/h9H,5-7H2,1-4H3,(H,14,19). The van der Waals surface area contributed by atoms with Crippen LogP contribution in [0, 0.1) is 12.8 Å². The Morgan fingerprint density at radius 2 is 2.20 bits per heavy atom. The number of carbonyl (C=O) groups excluding carboxylic acids is 2. The molecule has 6 nitrogen and oxygen atoms in total. The second-order valence-corrected chi connectivity index (χ2v) is 6.89.